The summed E-state index contributed by atoms with van der Waals surface area (Å²) in [6.45, 7) is 2.12. The molecule has 0 amide bonds. The molecule has 0 unspecified atom stereocenters. The van der Waals surface area contributed by atoms with Gasteiger partial charge in [0.2, 0.25) is 0 Å². The van der Waals surface area contributed by atoms with Crippen molar-refractivity contribution in [3.8, 4) is 0 Å². The maximum atomic E-state index is 11.1. The third kappa shape index (κ3) is 18.9. The van der Waals surface area contributed by atoms with Crippen LogP contribution in [0, 0.1) is 0 Å². The Hall–Kier alpha value is 0.870. The summed E-state index contributed by atoms with van der Waals surface area (Å²) in [5, 5.41) is 8.55. The minimum Gasteiger partial charge on any atom is -0.395 e. The SMILES string of the molecule is CCCCCCCCCCCCCCOS(=O)(=O)CCO.[Na]. The summed E-state index contributed by atoms with van der Waals surface area (Å²) < 4.78 is 27.1. The van der Waals surface area contributed by atoms with Gasteiger partial charge in [0.25, 0.3) is 10.1 Å². The number of hydrogen-bond donors (Lipinski definition) is 1. The largest absolute Gasteiger partial charge is 0.395 e. The van der Waals surface area contributed by atoms with E-state index in [1.54, 1.807) is 0 Å². The number of hydrogen-bond acceptors (Lipinski definition) is 4. The average molecular weight is 346 g/mol. The molecule has 0 spiro atoms. The van der Waals surface area contributed by atoms with Crippen LogP contribution in [0.2, 0.25) is 0 Å². The number of rotatable bonds is 16. The van der Waals surface area contributed by atoms with Crippen LogP contribution in [0.25, 0.3) is 0 Å². The van der Waals surface area contributed by atoms with Crippen LogP contribution in [0.15, 0.2) is 0 Å². The summed E-state index contributed by atoms with van der Waals surface area (Å²) >= 11 is 0. The molecule has 0 aliphatic carbocycles. The summed E-state index contributed by atoms with van der Waals surface area (Å²) in [5.41, 5.74) is 0. The monoisotopic (exact) mass is 345 g/mol. The van der Waals surface area contributed by atoms with E-state index in [9.17, 15) is 8.42 Å². The Labute approximate surface area is 159 Å². The van der Waals surface area contributed by atoms with Crippen molar-refractivity contribution in [1.82, 2.24) is 0 Å². The molecule has 0 saturated heterocycles. The molecule has 0 heterocycles. The second-order valence-corrected chi connectivity index (χ2v) is 7.46. The smallest absolute Gasteiger partial charge is 0.269 e. The number of unbranched alkanes of at least 4 members (excludes halogenated alkanes) is 11. The average Bonchev–Trinajstić information content (AvgIpc) is 2.44. The quantitative estimate of drug-likeness (QED) is 0.263. The van der Waals surface area contributed by atoms with Crippen LogP contribution in [0.3, 0.4) is 0 Å². The van der Waals surface area contributed by atoms with Crippen molar-refractivity contribution in [1.29, 1.82) is 0 Å². The second kappa shape index (κ2) is 18.2. The van der Waals surface area contributed by atoms with Gasteiger partial charge in [0.1, 0.15) is 0 Å². The van der Waals surface area contributed by atoms with Crippen LogP contribution in [0.4, 0.5) is 0 Å². The van der Waals surface area contributed by atoms with Gasteiger partial charge in [-0.05, 0) is 6.42 Å². The van der Waals surface area contributed by atoms with Gasteiger partial charge < -0.3 is 5.11 Å². The summed E-state index contributed by atoms with van der Waals surface area (Å²) in [7, 11) is -3.50. The molecular weight excluding hydrogens is 311 g/mol. The van der Waals surface area contributed by atoms with Gasteiger partial charge in [-0.15, -0.1) is 0 Å². The Morgan fingerprint density at radius 3 is 1.59 bits per heavy atom. The van der Waals surface area contributed by atoms with Crippen molar-refractivity contribution >= 4 is 39.7 Å². The van der Waals surface area contributed by atoms with Gasteiger partial charge in [0.05, 0.1) is 19.0 Å². The fraction of sp³-hybridized carbons (Fsp3) is 1.00. The fourth-order valence-corrected chi connectivity index (χ4v) is 3.01. The van der Waals surface area contributed by atoms with Crippen LogP contribution in [-0.2, 0) is 14.3 Å². The van der Waals surface area contributed by atoms with Crippen LogP contribution in [-0.4, -0.2) is 62.0 Å². The van der Waals surface area contributed by atoms with Gasteiger partial charge in [-0.3, -0.25) is 4.18 Å². The normalized spacial score (nSPS) is 11.4. The first kappa shape index (κ1) is 25.1. The maximum Gasteiger partial charge on any atom is 0.269 e. The molecule has 0 aromatic carbocycles. The van der Waals surface area contributed by atoms with Crippen molar-refractivity contribution in [3.63, 3.8) is 0 Å². The molecule has 22 heavy (non-hydrogen) atoms. The van der Waals surface area contributed by atoms with Crippen LogP contribution >= 0.6 is 0 Å². The first-order valence-electron chi connectivity index (χ1n) is 8.60. The Kier molecular flexibility index (Phi) is 20.8. The van der Waals surface area contributed by atoms with Gasteiger partial charge in [-0.1, -0.05) is 77.6 Å². The fourth-order valence-electron chi connectivity index (χ4n) is 2.30. The zero-order valence-corrected chi connectivity index (χ0v) is 17.5. The van der Waals surface area contributed by atoms with E-state index in [-0.39, 0.29) is 48.5 Å². The van der Waals surface area contributed by atoms with E-state index in [2.05, 4.69) is 6.92 Å². The van der Waals surface area contributed by atoms with Crippen molar-refractivity contribution in [2.75, 3.05) is 19.0 Å². The second-order valence-electron chi connectivity index (χ2n) is 5.70. The molecule has 6 heteroatoms. The molecule has 0 aliphatic heterocycles. The molecular formula is C16H34NaO4S. The van der Waals surface area contributed by atoms with E-state index >= 15 is 0 Å². The van der Waals surface area contributed by atoms with E-state index in [1.807, 2.05) is 0 Å². The van der Waals surface area contributed by atoms with Crippen molar-refractivity contribution in [3.05, 3.63) is 0 Å². The topological polar surface area (TPSA) is 63.6 Å². The minimum atomic E-state index is -3.50. The molecule has 1 radical (unpaired) electrons. The summed E-state index contributed by atoms with van der Waals surface area (Å²) in [6, 6.07) is 0. The van der Waals surface area contributed by atoms with Gasteiger partial charge in [-0.2, -0.15) is 8.42 Å². The van der Waals surface area contributed by atoms with Crippen LogP contribution in [0.5, 0.6) is 0 Å². The van der Waals surface area contributed by atoms with Gasteiger partial charge in [-0.25, -0.2) is 0 Å². The standard InChI is InChI=1S/C16H34O4S.Na/c1-2-3-4-5-6-7-8-9-10-11-12-13-15-20-21(18,19)16-14-17;/h17H,2-16H2,1H3;. The van der Waals surface area contributed by atoms with E-state index in [1.165, 1.54) is 57.8 Å². The van der Waals surface area contributed by atoms with Gasteiger partial charge >= 0.3 is 0 Å². The molecule has 0 aliphatic rings. The summed E-state index contributed by atoms with van der Waals surface area (Å²) in [4.78, 5) is 0. The maximum absolute atomic E-state index is 11.1. The summed E-state index contributed by atoms with van der Waals surface area (Å²) in [6.07, 6.45) is 15.0. The Morgan fingerprint density at radius 1 is 0.773 bits per heavy atom. The van der Waals surface area contributed by atoms with Crippen molar-refractivity contribution in [2.45, 2.75) is 84.0 Å². The van der Waals surface area contributed by atoms with Crippen molar-refractivity contribution in [2.24, 2.45) is 0 Å². The van der Waals surface area contributed by atoms with Crippen LogP contribution < -0.4 is 0 Å². The first-order valence-corrected chi connectivity index (χ1v) is 10.2. The molecule has 4 nitrogen and oxygen atoms in total. The molecule has 129 valence electrons. The minimum absolute atomic E-state index is 0. The van der Waals surface area contributed by atoms with Gasteiger partial charge in [0, 0.05) is 29.6 Å². The van der Waals surface area contributed by atoms with E-state index in [4.69, 9.17) is 9.29 Å². The molecule has 1 N–H and O–H groups in total. The molecule has 0 rings (SSSR count). The zero-order valence-electron chi connectivity index (χ0n) is 14.7. The number of aliphatic hydroxyl groups is 1. The predicted octanol–water partition coefficient (Wildman–Crippen LogP) is 3.65. The van der Waals surface area contributed by atoms with E-state index < -0.39 is 10.1 Å². The Morgan fingerprint density at radius 2 is 1.18 bits per heavy atom. The van der Waals surface area contributed by atoms with E-state index in [0.29, 0.717) is 0 Å². The Balaban J connectivity index is 0. The summed E-state index contributed by atoms with van der Waals surface area (Å²) in [5.74, 6) is -0.300. The third-order valence-corrected chi connectivity index (χ3v) is 4.81. The van der Waals surface area contributed by atoms with Crippen LogP contribution in [0.1, 0.15) is 84.0 Å². The molecule has 0 bridgehead atoms. The first-order chi connectivity index (χ1) is 10.1. The number of aliphatic hydroxyl groups excluding tert-OH is 1. The zero-order chi connectivity index (χ0) is 15.8. The molecule has 0 saturated carbocycles. The molecule has 0 fully saturated rings. The molecule has 0 aromatic rings. The molecule has 0 aromatic heterocycles. The van der Waals surface area contributed by atoms with E-state index in [0.717, 1.165) is 19.3 Å². The van der Waals surface area contributed by atoms with Crippen molar-refractivity contribution < 1.29 is 17.7 Å². The van der Waals surface area contributed by atoms with Gasteiger partial charge in [0.15, 0.2) is 0 Å². The predicted molar refractivity (Wildman–Crippen MR) is 93.7 cm³/mol. The Bertz CT molecular complexity index is 307. The molecule has 0 atom stereocenters. The third-order valence-electron chi connectivity index (χ3n) is 3.60.